The summed E-state index contributed by atoms with van der Waals surface area (Å²) in [6.07, 6.45) is 3.46. The molecular formula is C26H16N4O2. The number of aromatic nitrogens is 3. The lowest BCUT2D eigenvalue weighted by atomic mass is 9.88. The number of benzene rings is 3. The van der Waals surface area contributed by atoms with Crippen molar-refractivity contribution < 1.29 is 9.59 Å². The Kier molecular flexibility index (Phi) is 3.98. The highest BCUT2D eigenvalue weighted by Crippen LogP contribution is 2.40. The van der Waals surface area contributed by atoms with Gasteiger partial charge in [-0.2, -0.15) is 0 Å². The molecule has 32 heavy (non-hydrogen) atoms. The number of hydrogen-bond donors (Lipinski definition) is 1. The molecule has 0 atom stereocenters. The fourth-order valence-corrected chi connectivity index (χ4v) is 4.30. The molecule has 2 aromatic heterocycles. The first kappa shape index (κ1) is 18.2. The van der Waals surface area contributed by atoms with Crippen molar-refractivity contribution in [3.63, 3.8) is 0 Å². The molecule has 0 spiro atoms. The Morgan fingerprint density at radius 2 is 1.34 bits per heavy atom. The number of carbonyl (C=O) groups excluding carboxylic acids is 2. The number of imide groups is 1. The van der Waals surface area contributed by atoms with Crippen molar-refractivity contribution in [1.82, 2.24) is 19.9 Å². The molecule has 3 aromatic carbocycles. The molecule has 0 aliphatic carbocycles. The Labute approximate surface area is 183 Å². The predicted molar refractivity (Wildman–Crippen MR) is 121 cm³/mol. The van der Waals surface area contributed by atoms with Gasteiger partial charge in [-0.25, -0.2) is 0 Å². The van der Waals surface area contributed by atoms with E-state index in [-0.39, 0.29) is 5.91 Å². The van der Waals surface area contributed by atoms with Crippen LogP contribution in [0.25, 0.3) is 39.0 Å². The molecule has 0 bridgehead atoms. The zero-order valence-corrected chi connectivity index (χ0v) is 16.8. The summed E-state index contributed by atoms with van der Waals surface area (Å²) in [6.45, 7) is 0. The first-order valence-electron chi connectivity index (χ1n) is 10.2. The molecule has 3 heterocycles. The summed E-state index contributed by atoms with van der Waals surface area (Å²) in [4.78, 5) is 25.1. The van der Waals surface area contributed by atoms with Gasteiger partial charge >= 0.3 is 0 Å². The van der Waals surface area contributed by atoms with E-state index in [0.29, 0.717) is 22.3 Å². The minimum Gasteiger partial charge on any atom is -0.289 e. The predicted octanol–water partition coefficient (Wildman–Crippen LogP) is 4.61. The number of rotatable bonds is 3. The number of fused-ring (bicyclic) bond motifs is 2. The monoisotopic (exact) mass is 416 g/mol. The van der Waals surface area contributed by atoms with Gasteiger partial charge in [0.15, 0.2) is 5.65 Å². The number of nitrogens with zero attached hydrogens (tertiary/aromatic N) is 3. The van der Waals surface area contributed by atoms with Gasteiger partial charge < -0.3 is 0 Å². The molecule has 6 nitrogen and oxygen atoms in total. The van der Waals surface area contributed by atoms with Crippen LogP contribution in [-0.4, -0.2) is 26.4 Å². The van der Waals surface area contributed by atoms with Crippen LogP contribution < -0.4 is 5.32 Å². The molecule has 152 valence electrons. The molecule has 5 aromatic rings. The van der Waals surface area contributed by atoms with Crippen molar-refractivity contribution in [2.24, 2.45) is 0 Å². The molecule has 1 aliphatic rings. The van der Waals surface area contributed by atoms with Crippen LogP contribution in [0.15, 0.2) is 91.4 Å². The van der Waals surface area contributed by atoms with Crippen molar-refractivity contribution in [2.45, 2.75) is 0 Å². The molecule has 0 unspecified atom stereocenters. The first-order chi connectivity index (χ1) is 15.7. The molecule has 0 saturated carbocycles. The summed E-state index contributed by atoms with van der Waals surface area (Å²) >= 11 is 0. The highest BCUT2D eigenvalue weighted by atomic mass is 16.2. The molecule has 0 radical (unpaired) electrons. The average molecular weight is 416 g/mol. The van der Waals surface area contributed by atoms with Crippen LogP contribution in [0, 0.1) is 0 Å². The lowest BCUT2D eigenvalue weighted by Crippen LogP contribution is -2.20. The Morgan fingerprint density at radius 3 is 2.16 bits per heavy atom. The highest BCUT2D eigenvalue weighted by molar-refractivity contribution is 6.25. The van der Waals surface area contributed by atoms with E-state index < -0.39 is 5.91 Å². The van der Waals surface area contributed by atoms with Gasteiger partial charge in [-0.15, -0.1) is 10.2 Å². The van der Waals surface area contributed by atoms with E-state index in [1.807, 2.05) is 54.7 Å². The van der Waals surface area contributed by atoms with E-state index in [4.69, 9.17) is 0 Å². The normalized spacial score (nSPS) is 12.8. The number of carbonyl (C=O) groups is 2. The van der Waals surface area contributed by atoms with E-state index in [0.717, 1.165) is 27.8 Å². The molecule has 0 fully saturated rings. The average Bonchev–Trinajstić information content (AvgIpc) is 3.43. The second-order valence-corrected chi connectivity index (χ2v) is 7.62. The summed E-state index contributed by atoms with van der Waals surface area (Å²) in [6, 6.07) is 25.7. The maximum absolute atomic E-state index is 12.8. The topological polar surface area (TPSA) is 76.4 Å². The third-order valence-corrected chi connectivity index (χ3v) is 5.80. The lowest BCUT2D eigenvalue weighted by molar-refractivity contribution is 0.0880. The first-order valence-corrected chi connectivity index (χ1v) is 10.2. The molecule has 1 aliphatic heterocycles. The second kappa shape index (κ2) is 6.99. The van der Waals surface area contributed by atoms with Gasteiger partial charge in [-0.1, -0.05) is 60.7 Å². The number of amides is 2. The summed E-state index contributed by atoms with van der Waals surface area (Å²) in [7, 11) is 0. The minimum absolute atomic E-state index is 0.371. The third-order valence-electron chi connectivity index (χ3n) is 5.80. The molecule has 1 N–H and O–H groups in total. The van der Waals surface area contributed by atoms with Crippen molar-refractivity contribution in [3.05, 3.63) is 103 Å². The minimum atomic E-state index is -0.399. The number of hydrogen-bond acceptors (Lipinski definition) is 4. The van der Waals surface area contributed by atoms with Gasteiger partial charge in [0, 0.05) is 17.3 Å². The van der Waals surface area contributed by atoms with E-state index >= 15 is 0 Å². The van der Waals surface area contributed by atoms with Crippen LogP contribution in [0.2, 0.25) is 0 Å². The van der Waals surface area contributed by atoms with Crippen LogP contribution in [0.4, 0.5) is 0 Å². The van der Waals surface area contributed by atoms with Gasteiger partial charge in [0.1, 0.15) is 6.33 Å². The summed E-state index contributed by atoms with van der Waals surface area (Å²) in [5.41, 5.74) is 6.81. The van der Waals surface area contributed by atoms with Gasteiger partial charge in [0.05, 0.1) is 11.1 Å². The van der Waals surface area contributed by atoms with Crippen molar-refractivity contribution in [2.75, 3.05) is 0 Å². The smallest absolute Gasteiger partial charge is 0.259 e. The summed E-state index contributed by atoms with van der Waals surface area (Å²) in [5, 5.41) is 10.7. The van der Waals surface area contributed by atoms with E-state index in [1.165, 1.54) is 0 Å². The summed E-state index contributed by atoms with van der Waals surface area (Å²) < 4.78 is 1.80. The van der Waals surface area contributed by atoms with Gasteiger partial charge in [-0.05, 0) is 40.5 Å². The molecule has 0 saturated heterocycles. The molecular weight excluding hydrogens is 400 g/mol. The zero-order valence-electron chi connectivity index (χ0n) is 16.8. The zero-order chi connectivity index (χ0) is 21.7. The molecule has 2 amide bonds. The van der Waals surface area contributed by atoms with Crippen LogP contribution in [0.5, 0.6) is 0 Å². The molecule has 6 heteroatoms. The third kappa shape index (κ3) is 2.74. The Morgan fingerprint density at radius 1 is 0.625 bits per heavy atom. The number of pyridine rings is 1. The quantitative estimate of drug-likeness (QED) is 0.436. The molecule has 6 rings (SSSR count). The Hall–Kier alpha value is -4.58. The Balaban J connectivity index is 1.60. The van der Waals surface area contributed by atoms with Crippen LogP contribution in [0.1, 0.15) is 20.7 Å². The second-order valence-electron chi connectivity index (χ2n) is 7.62. The highest BCUT2D eigenvalue weighted by Gasteiger charge is 2.32. The van der Waals surface area contributed by atoms with Gasteiger partial charge in [0.2, 0.25) is 0 Å². The number of nitrogens with one attached hydrogen (secondary N) is 1. The maximum Gasteiger partial charge on any atom is 0.259 e. The lowest BCUT2D eigenvalue weighted by Gasteiger charge is -2.15. The van der Waals surface area contributed by atoms with Crippen LogP contribution in [0.3, 0.4) is 0 Å². The van der Waals surface area contributed by atoms with E-state index in [9.17, 15) is 9.59 Å². The fourth-order valence-electron chi connectivity index (χ4n) is 4.30. The SMILES string of the molecule is O=C1NC(=O)c2c1ccc(-c1ccc(-c3ccccc3)cc1)c2-c1cccn2cnnc12. The Bertz CT molecular complexity index is 1520. The fraction of sp³-hybridized carbons (Fsp3) is 0. The van der Waals surface area contributed by atoms with Crippen molar-refractivity contribution in [1.29, 1.82) is 0 Å². The maximum atomic E-state index is 12.8. The standard InChI is InChI=1S/C26H16N4O2/c31-25-21-13-12-19(18-10-8-17(9-11-18)16-5-2-1-3-6-16)22(23(21)26(32)28-25)20-7-4-14-30-15-27-29-24(20)30/h1-15H,(H,28,31,32). The van der Waals surface area contributed by atoms with E-state index in [2.05, 4.69) is 39.8 Å². The summed E-state index contributed by atoms with van der Waals surface area (Å²) in [5.74, 6) is -0.782. The van der Waals surface area contributed by atoms with Crippen molar-refractivity contribution >= 4 is 17.5 Å². The van der Waals surface area contributed by atoms with Gasteiger partial charge in [0.25, 0.3) is 11.8 Å². The van der Waals surface area contributed by atoms with Crippen LogP contribution in [-0.2, 0) is 0 Å². The van der Waals surface area contributed by atoms with Crippen molar-refractivity contribution in [3.8, 4) is 33.4 Å². The van der Waals surface area contributed by atoms with Gasteiger partial charge in [-0.3, -0.25) is 19.3 Å². The van der Waals surface area contributed by atoms with Crippen LogP contribution >= 0.6 is 0 Å². The largest absolute Gasteiger partial charge is 0.289 e. The van der Waals surface area contributed by atoms with E-state index in [1.54, 1.807) is 16.8 Å².